The number of rotatable bonds is 5. The van der Waals surface area contributed by atoms with Crippen molar-refractivity contribution in [2.24, 2.45) is 11.8 Å². The maximum Gasteiger partial charge on any atom is 0.439 e. The number of nitrogens with zero attached hydrogens (tertiary/aromatic N) is 5. The molecule has 2 fully saturated rings. The van der Waals surface area contributed by atoms with Gasteiger partial charge in [-0.15, -0.1) is 0 Å². The van der Waals surface area contributed by atoms with Crippen molar-refractivity contribution >= 4 is 28.6 Å². The minimum Gasteiger partial charge on any atom is -0.378 e. The van der Waals surface area contributed by atoms with Gasteiger partial charge in [0.2, 0.25) is 11.8 Å². The van der Waals surface area contributed by atoms with Crippen molar-refractivity contribution < 1.29 is 9.26 Å². The second kappa shape index (κ2) is 9.79. The molecule has 194 valence electrons. The van der Waals surface area contributed by atoms with Gasteiger partial charge in [0.1, 0.15) is 11.4 Å². The van der Waals surface area contributed by atoms with E-state index in [-0.39, 0.29) is 11.4 Å². The topological polar surface area (TPSA) is 135 Å². The van der Waals surface area contributed by atoms with Crippen LogP contribution in [0.1, 0.15) is 32.6 Å². The Morgan fingerprint density at radius 3 is 2.62 bits per heavy atom. The Hall–Kier alpha value is -3.44. The molecule has 1 aliphatic heterocycles. The maximum atomic E-state index is 13.0. The van der Waals surface area contributed by atoms with E-state index >= 15 is 0 Å². The number of aromatic nitrogens is 6. The van der Waals surface area contributed by atoms with Crippen LogP contribution in [0, 0.1) is 11.8 Å². The third kappa shape index (κ3) is 4.69. The van der Waals surface area contributed by atoms with Gasteiger partial charge in [-0.25, -0.2) is 14.8 Å². The van der Waals surface area contributed by atoms with Gasteiger partial charge in [-0.3, -0.25) is 14.3 Å². The summed E-state index contributed by atoms with van der Waals surface area (Å²) in [5.41, 5.74) is 2.17. The molecule has 0 aromatic carbocycles. The van der Waals surface area contributed by atoms with Crippen LogP contribution in [0.15, 0.2) is 32.4 Å². The van der Waals surface area contributed by atoms with Crippen molar-refractivity contribution in [3.8, 4) is 22.8 Å². The molecule has 5 heterocycles. The number of hydrogen-bond acceptors (Lipinski definition) is 8. The summed E-state index contributed by atoms with van der Waals surface area (Å²) in [4.78, 5) is 42.0. The Kier molecular flexibility index (Phi) is 6.33. The van der Waals surface area contributed by atoms with Gasteiger partial charge in [-0.05, 0) is 36.8 Å². The van der Waals surface area contributed by atoms with Gasteiger partial charge in [0.15, 0.2) is 0 Å². The molecule has 0 atom stereocenters. The van der Waals surface area contributed by atoms with Crippen molar-refractivity contribution in [2.45, 2.75) is 39.2 Å². The zero-order valence-electron chi connectivity index (χ0n) is 20.5. The van der Waals surface area contributed by atoms with Gasteiger partial charge in [0.25, 0.3) is 5.56 Å². The number of ether oxygens (including phenoxy) is 1. The summed E-state index contributed by atoms with van der Waals surface area (Å²) in [6.07, 6.45) is 6.13. The van der Waals surface area contributed by atoms with Crippen LogP contribution in [0.3, 0.4) is 0 Å². The SMILES string of the molecule is CC1CCC(Cn2c(N3CCOCC3)nc3cc(-c4noc(=O)[nH]4)nc(-c4cc(Cl)c[nH]c4=O)c32)CC1. The zero-order chi connectivity index (χ0) is 25.5. The van der Waals surface area contributed by atoms with E-state index < -0.39 is 5.76 Å². The monoisotopic (exact) mass is 525 g/mol. The molecule has 0 bridgehead atoms. The first kappa shape index (κ1) is 23.9. The fourth-order valence-corrected chi connectivity index (χ4v) is 5.54. The van der Waals surface area contributed by atoms with Crippen molar-refractivity contribution in [1.29, 1.82) is 0 Å². The van der Waals surface area contributed by atoms with E-state index in [4.69, 9.17) is 30.8 Å². The number of hydrogen-bond donors (Lipinski definition) is 2. The Morgan fingerprint density at radius 1 is 1.11 bits per heavy atom. The molecule has 12 heteroatoms. The first-order valence-electron chi connectivity index (χ1n) is 12.6. The summed E-state index contributed by atoms with van der Waals surface area (Å²) in [6, 6.07) is 3.38. The summed E-state index contributed by atoms with van der Waals surface area (Å²) < 4.78 is 12.5. The second-order valence-corrected chi connectivity index (χ2v) is 10.4. The predicted octanol–water partition coefficient (Wildman–Crippen LogP) is 3.45. The molecule has 2 aliphatic rings. The Bertz CT molecular complexity index is 1540. The first-order valence-corrected chi connectivity index (χ1v) is 13.0. The van der Waals surface area contributed by atoms with Crippen LogP contribution in [-0.4, -0.2) is 56.0 Å². The summed E-state index contributed by atoms with van der Waals surface area (Å²) in [5, 5.41) is 4.19. The minimum absolute atomic E-state index is 0.162. The van der Waals surface area contributed by atoms with Gasteiger partial charge < -0.3 is 19.2 Å². The zero-order valence-corrected chi connectivity index (χ0v) is 21.3. The molecule has 0 amide bonds. The molecule has 0 unspecified atom stereocenters. The molecule has 37 heavy (non-hydrogen) atoms. The molecule has 1 aliphatic carbocycles. The van der Waals surface area contributed by atoms with Crippen molar-refractivity contribution in [3.05, 3.63) is 44.3 Å². The van der Waals surface area contributed by atoms with Crippen molar-refractivity contribution in [2.75, 3.05) is 31.2 Å². The van der Waals surface area contributed by atoms with E-state index in [1.165, 1.54) is 19.0 Å². The van der Waals surface area contributed by atoms with Gasteiger partial charge in [0.05, 0.1) is 34.8 Å². The summed E-state index contributed by atoms with van der Waals surface area (Å²) in [7, 11) is 0. The number of imidazole rings is 1. The lowest BCUT2D eigenvalue weighted by Crippen LogP contribution is -2.38. The minimum atomic E-state index is -0.690. The van der Waals surface area contributed by atoms with Crippen LogP contribution < -0.4 is 16.2 Å². The number of pyridine rings is 2. The van der Waals surface area contributed by atoms with Crippen LogP contribution in [0.2, 0.25) is 5.02 Å². The molecule has 6 rings (SSSR count). The smallest absolute Gasteiger partial charge is 0.378 e. The lowest BCUT2D eigenvalue weighted by atomic mass is 9.83. The number of fused-ring (bicyclic) bond motifs is 1. The van der Waals surface area contributed by atoms with Crippen LogP contribution in [0.4, 0.5) is 5.95 Å². The summed E-state index contributed by atoms with van der Waals surface area (Å²) in [5.74, 6) is 1.53. The van der Waals surface area contributed by atoms with Crippen LogP contribution in [-0.2, 0) is 11.3 Å². The molecule has 0 spiro atoms. The standard InChI is InChI=1S/C25H28ClN7O4/c1-14-2-4-15(5-3-14)13-33-21-18(29-24(33)32-6-8-36-9-7-32)11-19(22-30-25(35)37-31-22)28-20(21)17-10-16(26)12-27-23(17)34/h10-12,14-15H,2-9,13H2,1H3,(H,27,34)(H,30,31,35). The molecule has 4 aromatic rings. The quantitative estimate of drug-likeness (QED) is 0.404. The third-order valence-corrected chi connectivity index (χ3v) is 7.60. The number of nitrogens with one attached hydrogen (secondary N) is 2. The first-order chi connectivity index (χ1) is 18.0. The fraction of sp³-hybridized carbons (Fsp3) is 0.480. The highest BCUT2D eigenvalue weighted by Gasteiger charge is 2.28. The van der Waals surface area contributed by atoms with Gasteiger partial charge >= 0.3 is 5.76 Å². The largest absolute Gasteiger partial charge is 0.439 e. The summed E-state index contributed by atoms with van der Waals surface area (Å²) >= 11 is 6.30. The molecular weight excluding hydrogens is 498 g/mol. The second-order valence-electron chi connectivity index (χ2n) is 9.98. The number of morpholine rings is 1. The highest BCUT2D eigenvalue weighted by Crippen LogP contribution is 2.36. The average molecular weight is 526 g/mol. The Labute approximate surface area is 216 Å². The van der Waals surface area contributed by atoms with E-state index in [2.05, 4.69) is 31.5 Å². The van der Waals surface area contributed by atoms with Gasteiger partial charge in [-0.2, -0.15) is 0 Å². The number of anilines is 1. The van der Waals surface area contributed by atoms with E-state index in [0.717, 1.165) is 49.9 Å². The van der Waals surface area contributed by atoms with Crippen LogP contribution in [0.25, 0.3) is 33.8 Å². The van der Waals surface area contributed by atoms with Crippen LogP contribution in [0.5, 0.6) is 0 Å². The molecule has 2 N–H and O–H groups in total. The molecule has 0 radical (unpaired) electrons. The molecule has 1 saturated heterocycles. The average Bonchev–Trinajstić information content (AvgIpc) is 3.50. The molecule has 4 aromatic heterocycles. The van der Waals surface area contributed by atoms with E-state index in [1.807, 2.05) is 0 Å². The van der Waals surface area contributed by atoms with Gasteiger partial charge in [-0.1, -0.05) is 36.5 Å². The van der Waals surface area contributed by atoms with Gasteiger partial charge in [0, 0.05) is 25.8 Å². The number of H-pyrrole nitrogens is 2. The maximum absolute atomic E-state index is 13.0. The summed E-state index contributed by atoms with van der Waals surface area (Å²) in [6.45, 7) is 5.75. The Morgan fingerprint density at radius 2 is 1.89 bits per heavy atom. The normalized spacial score (nSPS) is 20.5. The number of halogens is 1. The van der Waals surface area contributed by atoms with E-state index in [0.29, 0.717) is 46.6 Å². The third-order valence-electron chi connectivity index (χ3n) is 7.38. The Balaban J connectivity index is 1.59. The highest BCUT2D eigenvalue weighted by molar-refractivity contribution is 6.30. The van der Waals surface area contributed by atoms with Crippen LogP contribution >= 0.6 is 11.6 Å². The fourth-order valence-electron chi connectivity index (χ4n) is 5.37. The highest BCUT2D eigenvalue weighted by atomic mass is 35.5. The van der Waals surface area contributed by atoms with Crippen molar-refractivity contribution in [3.63, 3.8) is 0 Å². The lowest BCUT2D eigenvalue weighted by molar-refractivity contribution is 0.121. The lowest BCUT2D eigenvalue weighted by Gasteiger charge is -2.31. The number of aromatic amines is 2. The molecule has 1 saturated carbocycles. The molecular formula is C25H28ClN7O4. The van der Waals surface area contributed by atoms with E-state index in [9.17, 15) is 9.59 Å². The van der Waals surface area contributed by atoms with Crippen molar-refractivity contribution in [1.82, 2.24) is 29.7 Å². The predicted molar refractivity (Wildman–Crippen MR) is 139 cm³/mol. The van der Waals surface area contributed by atoms with E-state index in [1.54, 1.807) is 12.1 Å². The molecule has 11 nitrogen and oxygen atoms in total.